The van der Waals surface area contributed by atoms with Gasteiger partial charge in [-0.2, -0.15) is 5.26 Å². The Morgan fingerprint density at radius 3 is 2.77 bits per heavy atom. The first-order valence-electron chi connectivity index (χ1n) is 9.14. The number of nitrogens with zero attached hydrogens (tertiary/aromatic N) is 5. The van der Waals surface area contributed by atoms with E-state index in [4.69, 9.17) is 4.42 Å². The lowest BCUT2D eigenvalue weighted by Crippen LogP contribution is -2.14. The smallest absolute Gasteiger partial charge is 0.200 e. The van der Waals surface area contributed by atoms with Gasteiger partial charge in [0.05, 0.1) is 24.6 Å². The summed E-state index contributed by atoms with van der Waals surface area (Å²) in [5.41, 5.74) is 1.88. The second kappa shape index (κ2) is 9.07. The fourth-order valence-electron chi connectivity index (χ4n) is 2.88. The number of Topliss-reactive ketones (excluding diaryl/α,β-unsaturated/α-hetero) is 1. The lowest BCUT2D eigenvalue weighted by molar-refractivity contribution is -0.116. The van der Waals surface area contributed by atoms with Gasteiger partial charge in [0, 0.05) is 11.1 Å². The fraction of sp³-hybridized carbons (Fsp3) is 0.190. The van der Waals surface area contributed by atoms with Gasteiger partial charge in [-0.3, -0.25) is 9.36 Å². The van der Waals surface area contributed by atoms with E-state index in [1.165, 1.54) is 23.1 Å². The molecule has 0 bridgehead atoms. The van der Waals surface area contributed by atoms with Gasteiger partial charge in [0.15, 0.2) is 22.6 Å². The Morgan fingerprint density at radius 1 is 1.27 bits per heavy atom. The van der Waals surface area contributed by atoms with Crippen LogP contribution in [0.3, 0.4) is 0 Å². The molecular formula is C21H17N5O2S2. The minimum atomic E-state index is -0.869. The van der Waals surface area contributed by atoms with Crippen molar-refractivity contribution in [1.29, 1.82) is 5.26 Å². The van der Waals surface area contributed by atoms with Crippen LogP contribution in [0.4, 0.5) is 0 Å². The molecule has 0 spiro atoms. The van der Waals surface area contributed by atoms with Gasteiger partial charge in [0.2, 0.25) is 5.82 Å². The molecule has 0 aliphatic carbocycles. The molecule has 0 unspecified atom stereocenters. The van der Waals surface area contributed by atoms with E-state index in [0.29, 0.717) is 28.3 Å². The normalized spacial score (nSPS) is 11.9. The quantitative estimate of drug-likeness (QED) is 0.380. The van der Waals surface area contributed by atoms with Crippen molar-refractivity contribution in [2.24, 2.45) is 0 Å². The average molecular weight is 436 g/mol. The number of thiazole rings is 1. The van der Waals surface area contributed by atoms with Crippen molar-refractivity contribution < 1.29 is 9.21 Å². The summed E-state index contributed by atoms with van der Waals surface area (Å²) >= 11 is 2.59. The maximum absolute atomic E-state index is 12.7. The van der Waals surface area contributed by atoms with Crippen LogP contribution in [0.25, 0.3) is 11.6 Å². The Kier molecular flexibility index (Phi) is 6.07. The van der Waals surface area contributed by atoms with Crippen LogP contribution in [-0.4, -0.2) is 31.3 Å². The highest BCUT2D eigenvalue weighted by molar-refractivity contribution is 7.99. The van der Waals surface area contributed by atoms with Crippen LogP contribution in [0.1, 0.15) is 22.2 Å². The van der Waals surface area contributed by atoms with E-state index in [-0.39, 0.29) is 11.5 Å². The molecule has 0 saturated carbocycles. The molecule has 30 heavy (non-hydrogen) atoms. The van der Waals surface area contributed by atoms with E-state index in [1.807, 2.05) is 53.3 Å². The summed E-state index contributed by atoms with van der Waals surface area (Å²) in [6.45, 7) is 2.38. The molecule has 4 rings (SSSR count). The molecule has 9 heteroatoms. The highest BCUT2D eigenvalue weighted by Gasteiger charge is 2.25. The topological polar surface area (TPSA) is 97.6 Å². The van der Waals surface area contributed by atoms with Crippen molar-refractivity contribution in [2.75, 3.05) is 5.75 Å². The number of carbonyl (C=O) groups is 1. The zero-order valence-corrected chi connectivity index (χ0v) is 17.7. The second-order valence-corrected chi connectivity index (χ2v) is 8.33. The number of hydrogen-bond donors (Lipinski definition) is 0. The maximum Gasteiger partial charge on any atom is 0.200 e. The third-order valence-electron chi connectivity index (χ3n) is 4.32. The molecule has 0 fully saturated rings. The van der Waals surface area contributed by atoms with E-state index in [9.17, 15) is 10.1 Å². The highest BCUT2D eigenvalue weighted by Crippen LogP contribution is 2.28. The number of aromatic nitrogens is 4. The van der Waals surface area contributed by atoms with E-state index in [0.717, 1.165) is 11.3 Å². The highest BCUT2D eigenvalue weighted by atomic mass is 32.2. The molecule has 3 heterocycles. The first-order valence-corrected chi connectivity index (χ1v) is 11.0. The third kappa shape index (κ3) is 4.35. The first kappa shape index (κ1) is 20.1. The van der Waals surface area contributed by atoms with Crippen molar-refractivity contribution >= 4 is 28.9 Å². The van der Waals surface area contributed by atoms with Gasteiger partial charge in [0.25, 0.3) is 0 Å². The molecule has 150 valence electrons. The number of rotatable bonds is 8. The molecule has 3 aromatic heterocycles. The van der Waals surface area contributed by atoms with Crippen LogP contribution in [0.5, 0.6) is 0 Å². The lowest BCUT2D eigenvalue weighted by Gasteiger charge is -2.10. The lowest BCUT2D eigenvalue weighted by atomic mass is 10.1. The fourth-order valence-corrected chi connectivity index (χ4v) is 4.59. The van der Waals surface area contributed by atoms with Gasteiger partial charge in [-0.05, 0) is 24.6 Å². The molecule has 0 aliphatic rings. The standard InChI is InChI=1S/C21H17N5O2S2/c1-14-12-29-20(23-14)16(10-22)17(27)13-30-21-25-24-19(18-8-5-9-28-18)26(21)11-15-6-3-2-4-7-15/h2-9,12,16H,11,13H2,1H3/t16-/m0/s1. The van der Waals surface area contributed by atoms with Crippen LogP contribution in [-0.2, 0) is 11.3 Å². The number of benzene rings is 1. The summed E-state index contributed by atoms with van der Waals surface area (Å²) in [6.07, 6.45) is 1.58. The Morgan fingerprint density at radius 2 is 2.10 bits per heavy atom. The number of ketones is 1. The summed E-state index contributed by atoms with van der Waals surface area (Å²) < 4.78 is 7.42. The SMILES string of the molecule is Cc1csc([C@@H](C#N)C(=O)CSc2nnc(-c3ccco3)n2Cc2ccccc2)n1. The summed E-state index contributed by atoms with van der Waals surface area (Å²) in [6, 6.07) is 15.6. The van der Waals surface area contributed by atoms with Crippen LogP contribution in [0, 0.1) is 18.3 Å². The summed E-state index contributed by atoms with van der Waals surface area (Å²) in [5, 5.41) is 21.0. The Labute approximate surface area is 181 Å². The van der Waals surface area contributed by atoms with Crippen molar-refractivity contribution in [3.8, 4) is 17.7 Å². The van der Waals surface area contributed by atoms with Gasteiger partial charge < -0.3 is 4.42 Å². The van der Waals surface area contributed by atoms with E-state index in [1.54, 1.807) is 12.3 Å². The number of furan rings is 1. The zero-order valence-electron chi connectivity index (χ0n) is 16.1. The second-order valence-electron chi connectivity index (χ2n) is 6.50. The number of hydrogen-bond acceptors (Lipinski definition) is 8. The van der Waals surface area contributed by atoms with Gasteiger partial charge in [-0.1, -0.05) is 42.1 Å². The molecular weight excluding hydrogens is 418 g/mol. The zero-order chi connectivity index (χ0) is 20.9. The maximum atomic E-state index is 12.7. The number of thioether (sulfide) groups is 1. The van der Waals surface area contributed by atoms with Gasteiger partial charge in [0.1, 0.15) is 5.01 Å². The molecule has 0 saturated heterocycles. The third-order valence-corrected chi connectivity index (χ3v) is 6.34. The number of carbonyl (C=O) groups excluding carboxylic acids is 1. The monoisotopic (exact) mass is 435 g/mol. The van der Waals surface area contributed by atoms with Crippen molar-refractivity contribution in [1.82, 2.24) is 19.7 Å². The van der Waals surface area contributed by atoms with E-state index < -0.39 is 5.92 Å². The summed E-state index contributed by atoms with van der Waals surface area (Å²) in [4.78, 5) is 17.0. The Bertz CT molecular complexity index is 1180. The average Bonchev–Trinajstić information content (AvgIpc) is 3.50. The molecule has 4 aromatic rings. The molecule has 0 aliphatic heterocycles. The van der Waals surface area contributed by atoms with Crippen LogP contribution in [0.15, 0.2) is 63.7 Å². The molecule has 1 aromatic carbocycles. The van der Waals surface area contributed by atoms with Crippen LogP contribution in [0.2, 0.25) is 0 Å². The Hall–Kier alpha value is -3.22. The predicted octanol–water partition coefficient (Wildman–Crippen LogP) is 4.32. The van der Waals surface area contributed by atoms with Gasteiger partial charge >= 0.3 is 0 Å². The summed E-state index contributed by atoms with van der Waals surface area (Å²) in [5.74, 6) is 0.218. The van der Waals surface area contributed by atoms with E-state index >= 15 is 0 Å². The summed E-state index contributed by atoms with van der Waals surface area (Å²) in [7, 11) is 0. The minimum absolute atomic E-state index is 0.0991. The first-order chi connectivity index (χ1) is 14.7. The van der Waals surface area contributed by atoms with E-state index in [2.05, 4.69) is 21.3 Å². The molecule has 0 N–H and O–H groups in total. The van der Waals surface area contributed by atoms with Gasteiger partial charge in [-0.15, -0.1) is 21.5 Å². The minimum Gasteiger partial charge on any atom is -0.461 e. The number of nitriles is 1. The predicted molar refractivity (Wildman–Crippen MR) is 114 cm³/mol. The Balaban J connectivity index is 1.56. The molecule has 0 amide bonds. The molecule has 7 nitrogen and oxygen atoms in total. The molecule has 0 radical (unpaired) electrons. The van der Waals surface area contributed by atoms with Crippen LogP contribution >= 0.6 is 23.1 Å². The molecule has 1 atom stereocenters. The number of aryl methyl sites for hydroxylation is 1. The van der Waals surface area contributed by atoms with Gasteiger partial charge in [-0.25, -0.2) is 4.98 Å². The van der Waals surface area contributed by atoms with Crippen molar-refractivity contribution in [3.63, 3.8) is 0 Å². The van der Waals surface area contributed by atoms with Crippen LogP contribution < -0.4 is 0 Å². The largest absolute Gasteiger partial charge is 0.461 e. The van der Waals surface area contributed by atoms with Crippen molar-refractivity contribution in [3.05, 3.63) is 70.4 Å². The van der Waals surface area contributed by atoms with Crippen molar-refractivity contribution in [2.45, 2.75) is 24.5 Å².